The molecule has 1 amide bonds. The Bertz CT molecular complexity index is 150. The highest BCUT2D eigenvalue weighted by atomic mass is 33.1. The van der Waals surface area contributed by atoms with E-state index >= 15 is 0 Å². The van der Waals surface area contributed by atoms with Crippen LogP contribution >= 0.6 is 22.6 Å². The van der Waals surface area contributed by atoms with Crippen molar-refractivity contribution in [2.24, 2.45) is 0 Å². The first-order valence-corrected chi connectivity index (χ1v) is 5.63. The maximum absolute atomic E-state index is 11.3. The Hall–Kier alpha value is -0.0300. The third-order valence-corrected chi connectivity index (χ3v) is 2.35. The molecule has 0 unspecified atom stereocenters. The van der Waals surface area contributed by atoms with Crippen molar-refractivity contribution in [3.63, 3.8) is 0 Å². The zero-order valence-corrected chi connectivity index (χ0v) is 9.48. The molecule has 0 saturated heterocycles. The highest BCUT2D eigenvalue weighted by Crippen LogP contribution is 2.19. The van der Waals surface area contributed by atoms with Crippen molar-refractivity contribution < 1.29 is 9.53 Å². The lowest BCUT2D eigenvalue weighted by Gasteiger charge is -2.22. The minimum atomic E-state index is -0.333. The van der Waals surface area contributed by atoms with Gasteiger partial charge < -0.3 is 4.74 Å². The minimum Gasteiger partial charge on any atom is -0.446 e. The second-order valence-corrected chi connectivity index (χ2v) is 3.98. The highest BCUT2D eigenvalue weighted by Gasteiger charge is 2.18. The number of hydrogen-bond acceptors (Lipinski definition) is 4. The zero-order valence-electron chi connectivity index (χ0n) is 7.77. The van der Waals surface area contributed by atoms with Gasteiger partial charge in [-0.25, -0.2) is 9.10 Å². The number of carbonyl (C=O) groups is 1. The minimum absolute atomic E-state index is 0.0840. The van der Waals surface area contributed by atoms with Gasteiger partial charge in [0.25, 0.3) is 0 Å². The fraction of sp³-hybridized carbons (Fsp3) is 0.857. The molecule has 72 valence electrons. The third kappa shape index (κ3) is 4.11. The predicted molar refractivity (Wildman–Crippen MR) is 55.2 cm³/mol. The van der Waals surface area contributed by atoms with E-state index in [1.165, 1.54) is 4.31 Å². The normalized spacial score (nSPS) is 10.6. The van der Waals surface area contributed by atoms with E-state index in [4.69, 9.17) is 4.74 Å². The second-order valence-electron chi connectivity index (χ2n) is 2.93. The number of ether oxygens (including phenoxy) is 1. The fourth-order valence-corrected chi connectivity index (χ4v) is 1.66. The Labute approximate surface area is 82.8 Å². The van der Waals surface area contributed by atoms with Crippen molar-refractivity contribution in [1.82, 2.24) is 4.31 Å². The summed E-state index contributed by atoms with van der Waals surface area (Å²) in [6.07, 6.45) is -0.417. The summed E-state index contributed by atoms with van der Waals surface area (Å²) in [7, 11) is 1.08. The predicted octanol–water partition coefficient (Wildman–Crippen LogP) is 2.73. The molecular weight excluding hydrogens is 194 g/mol. The molecule has 0 aromatic carbocycles. The molecule has 12 heavy (non-hydrogen) atoms. The van der Waals surface area contributed by atoms with E-state index in [0.29, 0.717) is 0 Å². The molecule has 0 spiro atoms. The summed E-state index contributed by atoms with van der Waals surface area (Å²) >= 11 is 3.96. The van der Waals surface area contributed by atoms with Crippen LogP contribution in [0.3, 0.4) is 0 Å². The Morgan fingerprint density at radius 2 is 1.92 bits per heavy atom. The summed E-state index contributed by atoms with van der Waals surface area (Å²) < 4.78 is 6.46. The van der Waals surface area contributed by atoms with Gasteiger partial charge >= 0.3 is 6.09 Å². The van der Waals surface area contributed by atoms with Crippen molar-refractivity contribution >= 4 is 28.7 Å². The molecule has 5 heteroatoms. The van der Waals surface area contributed by atoms with Crippen LogP contribution in [-0.2, 0) is 4.74 Å². The van der Waals surface area contributed by atoms with Crippen LogP contribution in [0.1, 0.15) is 27.7 Å². The van der Waals surface area contributed by atoms with Crippen molar-refractivity contribution in [3.8, 4) is 0 Å². The summed E-state index contributed by atoms with van der Waals surface area (Å²) in [6, 6.07) is 0.0961. The molecule has 0 aliphatic heterocycles. The lowest BCUT2D eigenvalue weighted by molar-refractivity contribution is 0.0946. The number of thiol groups is 1. The van der Waals surface area contributed by atoms with Gasteiger partial charge in [-0.1, -0.05) is 11.7 Å². The molecule has 0 aliphatic carbocycles. The number of hydrogen-bond donors (Lipinski definition) is 1. The summed E-state index contributed by atoms with van der Waals surface area (Å²) in [5.41, 5.74) is 0. The van der Waals surface area contributed by atoms with Crippen LogP contribution < -0.4 is 0 Å². The van der Waals surface area contributed by atoms with E-state index < -0.39 is 0 Å². The molecule has 3 nitrogen and oxygen atoms in total. The van der Waals surface area contributed by atoms with Crippen molar-refractivity contribution in [1.29, 1.82) is 0 Å². The van der Waals surface area contributed by atoms with Gasteiger partial charge in [0.1, 0.15) is 0 Å². The molecule has 0 saturated carbocycles. The Kier molecular flexibility index (Phi) is 5.57. The van der Waals surface area contributed by atoms with Gasteiger partial charge in [-0.15, -0.1) is 0 Å². The summed E-state index contributed by atoms with van der Waals surface area (Å²) in [4.78, 5) is 11.3. The van der Waals surface area contributed by atoms with Gasteiger partial charge in [-0.3, -0.25) is 0 Å². The van der Waals surface area contributed by atoms with E-state index in [9.17, 15) is 4.79 Å². The van der Waals surface area contributed by atoms with Crippen molar-refractivity contribution in [3.05, 3.63) is 0 Å². The quantitative estimate of drug-likeness (QED) is 0.440. The molecular formula is C7H15NO2S2. The van der Waals surface area contributed by atoms with Crippen LogP contribution in [0.5, 0.6) is 0 Å². The van der Waals surface area contributed by atoms with Crippen LogP contribution in [0.2, 0.25) is 0 Å². The standard InChI is InChI=1S/C7H15NO2S2/c1-5(2)8(12-11)7(9)10-6(3)4/h5-6,11H,1-4H3. The van der Waals surface area contributed by atoms with Crippen LogP contribution in [0, 0.1) is 0 Å². The van der Waals surface area contributed by atoms with E-state index in [0.717, 1.165) is 11.0 Å². The van der Waals surface area contributed by atoms with Gasteiger partial charge in [0.2, 0.25) is 0 Å². The smallest absolute Gasteiger partial charge is 0.421 e. The highest BCUT2D eigenvalue weighted by molar-refractivity contribution is 8.67. The number of rotatable bonds is 3. The van der Waals surface area contributed by atoms with E-state index in [2.05, 4.69) is 11.7 Å². The number of nitrogens with zero attached hydrogens (tertiary/aromatic N) is 1. The van der Waals surface area contributed by atoms with Crippen LogP contribution in [0.25, 0.3) is 0 Å². The first-order chi connectivity index (χ1) is 5.49. The van der Waals surface area contributed by atoms with E-state index in [1.807, 2.05) is 27.7 Å². The van der Waals surface area contributed by atoms with E-state index in [1.54, 1.807) is 0 Å². The van der Waals surface area contributed by atoms with E-state index in [-0.39, 0.29) is 18.2 Å². The summed E-state index contributed by atoms with van der Waals surface area (Å²) in [5, 5.41) is 0. The average molecular weight is 209 g/mol. The van der Waals surface area contributed by atoms with Gasteiger partial charge in [0, 0.05) is 17.0 Å². The Balaban J connectivity index is 4.04. The number of amides is 1. The van der Waals surface area contributed by atoms with Crippen molar-refractivity contribution in [2.45, 2.75) is 39.8 Å². The average Bonchev–Trinajstić information content (AvgIpc) is 1.85. The van der Waals surface area contributed by atoms with Gasteiger partial charge in [-0.05, 0) is 27.7 Å². The second kappa shape index (κ2) is 5.59. The molecule has 0 bridgehead atoms. The van der Waals surface area contributed by atoms with Crippen LogP contribution in [-0.4, -0.2) is 22.5 Å². The molecule has 0 fully saturated rings. The molecule has 0 radical (unpaired) electrons. The molecule has 0 N–H and O–H groups in total. The van der Waals surface area contributed by atoms with Crippen molar-refractivity contribution in [2.75, 3.05) is 0 Å². The molecule has 0 aromatic rings. The Morgan fingerprint density at radius 3 is 2.17 bits per heavy atom. The largest absolute Gasteiger partial charge is 0.446 e. The molecule has 0 aromatic heterocycles. The first kappa shape index (κ1) is 12.0. The van der Waals surface area contributed by atoms with Gasteiger partial charge in [0.15, 0.2) is 0 Å². The SMILES string of the molecule is CC(C)OC(=O)N(SS)C(C)C. The third-order valence-electron chi connectivity index (χ3n) is 1.07. The fourth-order valence-electron chi connectivity index (χ4n) is 0.592. The number of carbonyl (C=O) groups excluding carboxylic acids is 1. The summed E-state index contributed by atoms with van der Waals surface area (Å²) in [6.45, 7) is 7.45. The zero-order chi connectivity index (χ0) is 9.72. The molecule has 0 aliphatic rings. The maximum Gasteiger partial charge on any atom is 0.421 e. The summed E-state index contributed by atoms with van der Waals surface area (Å²) in [5.74, 6) is 0. The van der Waals surface area contributed by atoms with Crippen LogP contribution in [0.4, 0.5) is 4.79 Å². The Morgan fingerprint density at radius 1 is 1.42 bits per heavy atom. The monoisotopic (exact) mass is 209 g/mol. The lowest BCUT2D eigenvalue weighted by atomic mass is 10.4. The topological polar surface area (TPSA) is 29.5 Å². The first-order valence-electron chi connectivity index (χ1n) is 3.80. The van der Waals surface area contributed by atoms with Gasteiger partial charge in [0.05, 0.1) is 6.10 Å². The lowest BCUT2D eigenvalue weighted by Crippen LogP contribution is -2.31. The molecule has 0 atom stereocenters. The van der Waals surface area contributed by atoms with Gasteiger partial charge in [-0.2, -0.15) is 0 Å². The molecule has 0 rings (SSSR count). The van der Waals surface area contributed by atoms with Crippen LogP contribution in [0.15, 0.2) is 0 Å². The maximum atomic E-state index is 11.3. The molecule has 0 heterocycles.